The lowest BCUT2D eigenvalue weighted by Crippen LogP contribution is -2.43. The zero-order valence-electron chi connectivity index (χ0n) is 24.0. The fourth-order valence-electron chi connectivity index (χ4n) is 5.51. The molecule has 10 heteroatoms. The summed E-state index contributed by atoms with van der Waals surface area (Å²) in [6.45, 7) is 10.6. The van der Waals surface area contributed by atoms with Gasteiger partial charge in [0.2, 0.25) is 5.91 Å². The Bertz CT molecular complexity index is 1280. The average molecular weight is 558 g/mol. The number of aromatic nitrogens is 2. The number of ether oxygens (including phenoxy) is 1. The van der Waals surface area contributed by atoms with Gasteiger partial charge in [-0.05, 0) is 64.0 Å². The molecule has 2 aromatic rings. The van der Waals surface area contributed by atoms with Crippen LogP contribution in [-0.4, -0.2) is 58.1 Å². The number of carbonyl (C=O) groups is 3. The van der Waals surface area contributed by atoms with Crippen molar-refractivity contribution < 1.29 is 19.1 Å². The molecule has 1 aliphatic heterocycles. The maximum absolute atomic E-state index is 13.2. The first kappa shape index (κ1) is 28.9. The second kappa shape index (κ2) is 10.8. The number of fused-ring (bicyclic) bond motifs is 1. The van der Waals surface area contributed by atoms with Crippen molar-refractivity contribution in [3.63, 3.8) is 0 Å². The highest BCUT2D eigenvalue weighted by atomic mass is 35.5. The molecule has 0 bridgehead atoms. The van der Waals surface area contributed by atoms with Gasteiger partial charge in [-0.1, -0.05) is 31.9 Å². The van der Waals surface area contributed by atoms with Gasteiger partial charge in [0.25, 0.3) is 5.91 Å². The highest BCUT2D eigenvalue weighted by Crippen LogP contribution is 2.42. The average Bonchev–Trinajstić information content (AvgIpc) is 3.31. The van der Waals surface area contributed by atoms with Gasteiger partial charge in [-0.3, -0.25) is 9.59 Å². The summed E-state index contributed by atoms with van der Waals surface area (Å²) >= 11 is 6.62. The molecule has 39 heavy (non-hydrogen) atoms. The molecule has 1 fully saturated rings. The molecule has 0 aromatic carbocycles. The Kier molecular flexibility index (Phi) is 8.03. The molecule has 212 valence electrons. The molecular formula is C29H40ClN5O4. The van der Waals surface area contributed by atoms with E-state index in [0.29, 0.717) is 23.0 Å². The monoisotopic (exact) mass is 557 g/mol. The predicted octanol–water partition coefficient (Wildman–Crippen LogP) is 5.51. The van der Waals surface area contributed by atoms with E-state index >= 15 is 0 Å². The van der Waals surface area contributed by atoms with Crippen LogP contribution >= 0.6 is 11.6 Å². The smallest absolute Gasteiger partial charge is 0.407 e. The van der Waals surface area contributed by atoms with E-state index in [4.69, 9.17) is 16.3 Å². The Morgan fingerprint density at radius 3 is 2.54 bits per heavy atom. The lowest BCUT2D eigenvalue weighted by Gasteiger charge is -2.30. The number of amides is 3. The number of halogens is 1. The molecule has 1 saturated carbocycles. The van der Waals surface area contributed by atoms with Crippen LogP contribution < -0.4 is 10.6 Å². The predicted molar refractivity (Wildman–Crippen MR) is 152 cm³/mol. The van der Waals surface area contributed by atoms with E-state index in [1.165, 1.54) is 6.20 Å². The number of anilines is 1. The van der Waals surface area contributed by atoms with E-state index in [2.05, 4.69) is 34.0 Å². The number of hydrogen-bond donors (Lipinski definition) is 2. The van der Waals surface area contributed by atoms with Gasteiger partial charge in [-0.2, -0.15) is 0 Å². The summed E-state index contributed by atoms with van der Waals surface area (Å²) in [6.07, 6.45) is 4.77. The minimum atomic E-state index is -0.579. The maximum Gasteiger partial charge on any atom is 0.407 e. The zero-order valence-corrected chi connectivity index (χ0v) is 24.7. The fourth-order valence-corrected chi connectivity index (χ4v) is 5.72. The van der Waals surface area contributed by atoms with Crippen molar-refractivity contribution in [2.45, 2.75) is 84.9 Å². The van der Waals surface area contributed by atoms with Gasteiger partial charge in [0, 0.05) is 55.6 Å². The largest absolute Gasteiger partial charge is 0.444 e. The Morgan fingerprint density at radius 2 is 1.87 bits per heavy atom. The summed E-state index contributed by atoms with van der Waals surface area (Å²) in [5.41, 5.74) is 2.72. The lowest BCUT2D eigenvalue weighted by atomic mass is 9.85. The Hall–Kier alpha value is -3.07. The van der Waals surface area contributed by atoms with Crippen molar-refractivity contribution in [1.82, 2.24) is 19.8 Å². The summed E-state index contributed by atoms with van der Waals surface area (Å²) in [5, 5.41) is 6.32. The second-order valence-electron chi connectivity index (χ2n) is 12.8. The number of carbonyl (C=O) groups excluding carboxylic acids is 3. The molecule has 2 atom stereocenters. The minimum Gasteiger partial charge on any atom is -0.444 e. The molecule has 2 aliphatic rings. The van der Waals surface area contributed by atoms with Crippen molar-refractivity contribution in [3.05, 3.63) is 34.7 Å². The van der Waals surface area contributed by atoms with Crippen LogP contribution in [0.4, 0.5) is 10.6 Å². The highest BCUT2D eigenvalue weighted by Gasteiger charge is 2.35. The van der Waals surface area contributed by atoms with Crippen molar-refractivity contribution >= 4 is 35.3 Å². The first-order chi connectivity index (χ1) is 18.1. The van der Waals surface area contributed by atoms with E-state index in [-0.39, 0.29) is 29.2 Å². The van der Waals surface area contributed by atoms with Crippen LogP contribution in [0.2, 0.25) is 5.02 Å². The summed E-state index contributed by atoms with van der Waals surface area (Å²) in [4.78, 5) is 44.3. The molecule has 0 unspecified atom stereocenters. The Morgan fingerprint density at radius 1 is 1.15 bits per heavy atom. The topological polar surface area (TPSA) is 106 Å². The third-order valence-electron chi connectivity index (χ3n) is 7.23. The molecular weight excluding hydrogens is 518 g/mol. The third kappa shape index (κ3) is 6.75. The van der Waals surface area contributed by atoms with Crippen LogP contribution in [0.15, 0.2) is 18.3 Å². The van der Waals surface area contributed by atoms with Crippen molar-refractivity contribution in [3.8, 4) is 11.1 Å². The van der Waals surface area contributed by atoms with Gasteiger partial charge in [-0.25, -0.2) is 9.78 Å². The van der Waals surface area contributed by atoms with Crippen LogP contribution in [-0.2, 0) is 22.5 Å². The minimum absolute atomic E-state index is 0.00804. The summed E-state index contributed by atoms with van der Waals surface area (Å²) in [6, 6.07) is 3.55. The molecule has 3 amide bonds. The van der Waals surface area contributed by atoms with E-state index in [1.54, 1.807) is 25.1 Å². The van der Waals surface area contributed by atoms with Crippen molar-refractivity contribution in [2.75, 3.05) is 19.4 Å². The standard InChI is InChI=1S/C29H40ClN5O4/c1-28(2,3)39-27(38)32-18-10-8-9-17(11-18)25(36)33-24-13-19(21(30)15-31-24)20-12-22(26(37)34(6)7)35-16-29(4,5)14-23(20)35/h12-13,15,17-18H,8-11,14,16H2,1-7H3,(H,32,38)(H,31,33,36)/t17-,18+/m0/s1. The number of nitrogens with zero attached hydrogens (tertiary/aromatic N) is 3. The molecule has 3 heterocycles. The number of nitrogens with one attached hydrogen (secondary N) is 2. The molecule has 0 spiro atoms. The first-order valence-electron chi connectivity index (χ1n) is 13.5. The molecule has 2 N–H and O–H groups in total. The summed E-state index contributed by atoms with van der Waals surface area (Å²) in [5.74, 6) is -0.0632. The molecule has 2 aromatic heterocycles. The third-order valence-corrected chi connectivity index (χ3v) is 7.53. The van der Waals surface area contributed by atoms with Gasteiger partial charge < -0.3 is 24.8 Å². The Labute approximate surface area is 235 Å². The van der Waals surface area contributed by atoms with Crippen LogP contribution in [0.25, 0.3) is 11.1 Å². The fraction of sp³-hybridized carbons (Fsp3) is 0.586. The van der Waals surface area contributed by atoms with E-state index in [1.807, 2.05) is 26.8 Å². The quantitative estimate of drug-likeness (QED) is 0.504. The van der Waals surface area contributed by atoms with Crippen molar-refractivity contribution in [2.24, 2.45) is 11.3 Å². The molecule has 4 rings (SSSR count). The Balaban J connectivity index is 1.53. The van der Waals surface area contributed by atoms with Crippen LogP contribution in [0.5, 0.6) is 0 Å². The first-order valence-corrected chi connectivity index (χ1v) is 13.9. The van der Waals surface area contributed by atoms with Gasteiger partial charge >= 0.3 is 6.09 Å². The number of hydrogen-bond acceptors (Lipinski definition) is 5. The van der Waals surface area contributed by atoms with Gasteiger partial charge in [0.1, 0.15) is 17.1 Å². The van der Waals surface area contributed by atoms with E-state index in [0.717, 1.165) is 49.0 Å². The molecule has 1 aliphatic carbocycles. The number of pyridine rings is 1. The second-order valence-corrected chi connectivity index (χ2v) is 13.2. The molecule has 0 saturated heterocycles. The summed E-state index contributed by atoms with van der Waals surface area (Å²) < 4.78 is 7.46. The normalized spacial score (nSPS) is 20.2. The van der Waals surface area contributed by atoms with Crippen LogP contribution in [0.3, 0.4) is 0 Å². The number of rotatable bonds is 5. The summed E-state index contributed by atoms with van der Waals surface area (Å²) in [7, 11) is 3.49. The van der Waals surface area contributed by atoms with Crippen molar-refractivity contribution in [1.29, 1.82) is 0 Å². The van der Waals surface area contributed by atoms with Gasteiger partial charge in [0.15, 0.2) is 0 Å². The number of alkyl carbamates (subject to hydrolysis) is 1. The SMILES string of the molecule is CN(C)C(=O)c1cc(-c2cc(NC(=O)[C@H]3CCC[C@@H](NC(=O)OC(C)(C)C)C3)ncc2Cl)c2n1CC(C)(C)C2. The van der Waals surface area contributed by atoms with Crippen LogP contribution in [0.1, 0.15) is 76.5 Å². The van der Waals surface area contributed by atoms with Crippen LogP contribution in [0, 0.1) is 11.3 Å². The zero-order chi connectivity index (χ0) is 28.7. The molecule has 0 radical (unpaired) electrons. The lowest BCUT2D eigenvalue weighted by molar-refractivity contribution is -0.121. The van der Waals surface area contributed by atoms with E-state index < -0.39 is 11.7 Å². The van der Waals surface area contributed by atoms with Gasteiger partial charge in [0.05, 0.1) is 5.02 Å². The highest BCUT2D eigenvalue weighted by molar-refractivity contribution is 6.33. The van der Waals surface area contributed by atoms with Gasteiger partial charge in [-0.15, -0.1) is 0 Å². The maximum atomic E-state index is 13.2. The molecule has 9 nitrogen and oxygen atoms in total. The van der Waals surface area contributed by atoms with E-state index in [9.17, 15) is 14.4 Å².